The minimum atomic E-state index is -1.18. The molecule has 36 heavy (non-hydrogen) atoms. The van der Waals surface area contributed by atoms with Crippen molar-refractivity contribution in [1.29, 1.82) is 0 Å². The molecule has 2 aromatic heterocycles. The van der Waals surface area contributed by atoms with Crippen molar-refractivity contribution in [2.24, 2.45) is 0 Å². The largest absolute Gasteiger partial charge is 0.480 e. The van der Waals surface area contributed by atoms with E-state index in [0.29, 0.717) is 37.6 Å². The van der Waals surface area contributed by atoms with Crippen LogP contribution in [0.25, 0.3) is 11.7 Å². The normalized spacial score (nSPS) is 17.5. The van der Waals surface area contributed by atoms with E-state index in [1.54, 1.807) is 36.5 Å². The molecule has 0 unspecified atom stereocenters. The highest BCUT2D eigenvalue weighted by molar-refractivity contribution is 8.26. The zero-order valence-corrected chi connectivity index (χ0v) is 20.5. The summed E-state index contributed by atoms with van der Waals surface area (Å²) >= 11 is 6.15. The molecule has 1 aromatic carbocycles. The number of fused-ring (bicyclic) bond motifs is 1. The van der Waals surface area contributed by atoms with Gasteiger partial charge in [0.2, 0.25) is 0 Å². The predicted octanol–water partition coefficient (Wildman–Crippen LogP) is 2.45. The van der Waals surface area contributed by atoms with Gasteiger partial charge >= 0.3 is 5.97 Å². The number of aliphatic carboxylic acids is 1. The van der Waals surface area contributed by atoms with Crippen LogP contribution in [0.4, 0.5) is 15.9 Å². The molecule has 184 valence electrons. The predicted molar refractivity (Wildman–Crippen MR) is 140 cm³/mol. The van der Waals surface area contributed by atoms with Gasteiger partial charge in [-0.3, -0.25) is 23.7 Å². The quantitative estimate of drug-likeness (QED) is 0.398. The molecule has 12 heteroatoms. The molecule has 2 aliphatic rings. The summed E-state index contributed by atoms with van der Waals surface area (Å²) in [4.78, 5) is 47.5. The summed E-state index contributed by atoms with van der Waals surface area (Å²) in [6.45, 7) is 1.81. The first-order chi connectivity index (χ1) is 17.3. The summed E-state index contributed by atoms with van der Waals surface area (Å²) in [5.74, 6) is -1.60. The first kappa shape index (κ1) is 23.9. The van der Waals surface area contributed by atoms with Crippen molar-refractivity contribution in [1.82, 2.24) is 14.3 Å². The zero-order valence-electron chi connectivity index (χ0n) is 18.8. The summed E-state index contributed by atoms with van der Waals surface area (Å²) in [6, 6.07) is 11.5. The highest BCUT2D eigenvalue weighted by Gasteiger charge is 2.34. The first-order valence-corrected chi connectivity index (χ1v) is 12.3. The average molecular weight is 526 g/mol. The van der Waals surface area contributed by atoms with Gasteiger partial charge in [0.15, 0.2) is 0 Å². The summed E-state index contributed by atoms with van der Waals surface area (Å²) < 4.78 is 14.8. The molecule has 2 aliphatic heterocycles. The number of amides is 1. The second kappa shape index (κ2) is 9.70. The Hall–Kier alpha value is -3.77. The Morgan fingerprint density at radius 1 is 1.08 bits per heavy atom. The average Bonchev–Trinajstić information content (AvgIpc) is 3.13. The van der Waals surface area contributed by atoms with E-state index in [2.05, 4.69) is 4.90 Å². The van der Waals surface area contributed by atoms with Crippen LogP contribution in [0.5, 0.6) is 0 Å². The molecule has 3 aromatic rings. The lowest BCUT2D eigenvalue weighted by atomic mass is 10.2. The molecule has 0 spiro atoms. The topological polar surface area (TPSA) is 98.5 Å². The van der Waals surface area contributed by atoms with Gasteiger partial charge in [-0.1, -0.05) is 30.0 Å². The number of piperazine rings is 1. The fraction of sp³-hybridized carbons (Fsp3) is 0.208. The van der Waals surface area contributed by atoms with Gasteiger partial charge in [0.25, 0.3) is 11.5 Å². The summed E-state index contributed by atoms with van der Waals surface area (Å²) in [5.41, 5.74) is 1.25. The molecule has 9 nitrogen and oxygen atoms in total. The molecule has 0 saturated carbocycles. The van der Waals surface area contributed by atoms with Crippen molar-refractivity contribution in [3.05, 3.63) is 75.3 Å². The number of benzene rings is 1. The van der Waals surface area contributed by atoms with Crippen molar-refractivity contribution < 1.29 is 19.1 Å². The lowest BCUT2D eigenvalue weighted by Gasteiger charge is -2.37. The van der Waals surface area contributed by atoms with Crippen LogP contribution in [0.2, 0.25) is 0 Å². The van der Waals surface area contributed by atoms with E-state index < -0.39 is 18.4 Å². The maximum absolute atomic E-state index is 13.5. The van der Waals surface area contributed by atoms with Crippen LogP contribution in [0.1, 0.15) is 5.56 Å². The molecule has 5 rings (SSSR count). The monoisotopic (exact) mass is 525 g/mol. The Morgan fingerprint density at radius 2 is 1.78 bits per heavy atom. The minimum Gasteiger partial charge on any atom is -0.480 e. The second-order valence-corrected chi connectivity index (χ2v) is 9.87. The molecule has 0 radical (unpaired) electrons. The van der Waals surface area contributed by atoms with Crippen molar-refractivity contribution >= 4 is 63.4 Å². The molecular formula is C24H20FN5O4S2. The number of carbonyl (C=O) groups excluding carboxylic acids is 1. The Bertz CT molecular complexity index is 1470. The van der Waals surface area contributed by atoms with Crippen molar-refractivity contribution in [3.63, 3.8) is 0 Å². The maximum Gasteiger partial charge on any atom is 0.323 e. The number of rotatable bonds is 5. The molecule has 0 bridgehead atoms. The molecule has 0 aliphatic carbocycles. The van der Waals surface area contributed by atoms with Gasteiger partial charge in [-0.15, -0.1) is 0 Å². The van der Waals surface area contributed by atoms with Gasteiger partial charge in [0.1, 0.15) is 28.1 Å². The first-order valence-electron chi connectivity index (χ1n) is 11.1. The van der Waals surface area contributed by atoms with Crippen LogP contribution in [0.15, 0.2) is 58.4 Å². The number of anilines is 2. The smallest absolute Gasteiger partial charge is 0.323 e. The Morgan fingerprint density at radius 3 is 2.47 bits per heavy atom. The SMILES string of the molecule is O=C(O)CN1C(=O)C(=Cc2c(N3CCN(c4ccc(F)cc4)CC3)nc3ccccn3c2=O)SC1=S. The zero-order chi connectivity index (χ0) is 25.4. The maximum atomic E-state index is 13.5. The lowest BCUT2D eigenvalue weighted by Crippen LogP contribution is -2.47. The van der Waals surface area contributed by atoms with E-state index in [1.807, 2.05) is 4.90 Å². The minimum absolute atomic E-state index is 0.122. The van der Waals surface area contributed by atoms with E-state index in [-0.39, 0.29) is 26.2 Å². The molecule has 2 fully saturated rings. The third-order valence-electron chi connectivity index (χ3n) is 5.96. The number of halogens is 1. The number of pyridine rings is 1. The summed E-state index contributed by atoms with van der Waals surface area (Å²) in [6.07, 6.45) is 3.06. The summed E-state index contributed by atoms with van der Waals surface area (Å²) in [7, 11) is 0. The standard InChI is InChI=1S/C24H20FN5O4S2/c25-15-4-6-16(7-5-15)27-9-11-28(12-10-27)21-17(22(33)29-8-2-1-3-19(29)26-21)13-18-23(34)30(14-20(31)32)24(35)36-18/h1-8,13H,9-12,14H2,(H,31,32). The van der Waals surface area contributed by atoms with E-state index >= 15 is 0 Å². The van der Waals surface area contributed by atoms with Crippen LogP contribution < -0.4 is 15.4 Å². The number of carboxylic acids is 1. The molecule has 0 atom stereocenters. The van der Waals surface area contributed by atoms with Gasteiger partial charge in [-0.05, 0) is 42.5 Å². The number of nitrogens with zero attached hydrogens (tertiary/aromatic N) is 5. The Labute approximate surface area is 214 Å². The van der Waals surface area contributed by atoms with Crippen LogP contribution in [-0.4, -0.2) is 68.3 Å². The van der Waals surface area contributed by atoms with Gasteiger partial charge < -0.3 is 14.9 Å². The number of aromatic nitrogens is 2. The van der Waals surface area contributed by atoms with Crippen LogP contribution >= 0.6 is 24.0 Å². The van der Waals surface area contributed by atoms with E-state index in [0.717, 1.165) is 22.3 Å². The van der Waals surface area contributed by atoms with E-state index in [4.69, 9.17) is 22.3 Å². The highest BCUT2D eigenvalue weighted by atomic mass is 32.2. The number of thiocarbonyl (C=S) groups is 1. The third kappa shape index (κ3) is 4.56. The van der Waals surface area contributed by atoms with Gasteiger partial charge in [-0.25, -0.2) is 9.37 Å². The fourth-order valence-corrected chi connectivity index (χ4v) is 5.43. The lowest BCUT2D eigenvalue weighted by molar-refractivity contribution is -0.140. The van der Waals surface area contributed by atoms with Crippen LogP contribution in [-0.2, 0) is 9.59 Å². The van der Waals surface area contributed by atoms with Crippen molar-refractivity contribution in [3.8, 4) is 0 Å². The number of thioether (sulfide) groups is 1. The van der Waals surface area contributed by atoms with Gasteiger partial charge in [0, 0.05) is 38.1 Å². The fourth-order valence-electron chi connectivity index (χ4n) is 4.19. The van der Waals surface area contributed by atoms with E-state index in [9.17, 15) is 18.8 Å². The Balaban J connectivity index is 1.50. The number of hydrogen-bond donors (Lipinski definition) is 1. The van der Waals surface area contributed by atoms with Crippen molar-refractivity contribution in [2.75, 3.05) is 42.5 Å². The number of hydrogen-bond acceptors (Lipinski definition) is 8. The molecule has 1 N–H and O–H groups in total. The number of carbonyl (C=O) groups is 2. The highest BCUT2D eigenvalue weighted by Crippen LogP contribution is 2.33. The third-order valence-corrected chi connectivity index (χ3v) is 7.34. The molecular weight excluding hydrogens is 505 g/mol. The van der Waals surface area contributed by atoms with Crippen molar-refractivity contribution in [2.45, 2.75) is 0 Å². The van der Waals surface area contributed by atoms with Crippen LogP contribution in [0, 0.1) is 5.82 Å². The van der Waals surface area contributed by atoms with E-state index in [1.165, 1.54) is 22.6 Å². The molecule has 4 heterocycles. The second-order valence-electron chi connectivity index (χ2n) is 8.20. The molecule has 1 amide bonds. The van der Waals surface area contributed by atoms with Crippen LogP contribution in [0.3, 0.4) is 0 Å². The Kier molecular flexibility index (Phi) is 6.46. The number of carboxylic acid groups (broad SMARTS) is 1. The molecule has 2 saturated heterocycles. The van der Waals surface area contributed by atoms with Gasteiger partial charge in [0.05, 0.1) is 10.5 Å². The van der Waals surface area contributed by atoms with Gasteiger partial charge in [-0.2, -0.15) is 0 Å². The summed E-state index contributed by atoms with van der Waals surface area (Å²) in [5, 5.41) is 9.10.